The van der Waals surface area contributed by atoms with Crippen LogP contribution in [0, 0.1) is 27.8 Å². The third kappa shape index (κ3) is 2.41. The summed E-state index contributed by atoms with van der Waals surface area (Å²) in [4.78, 5) is 10.4. The van der Waals surface area contributed by atoms with Crippen LogP contribution < -0.4 is 0 Å². The van der Waals surface area contributed by atoms with E-state index in [0.717, 1.165) is 25.3 Å². The Morgan fingerprint density at radius 3 is 2.80 bits per heavy atom. The Morgan fingerprint density at radius 2 is 2.20 bits per heavy atom. The molecule has 110 valence electrons. The van der Waals surface area contributed by atoms with Crippen molar-refractivity contribution in [2.45, 2.75) is 38.5 Å². The molecular formula is C15H19F2NO2. The Labute approximate surface area is 117 Å². The minimum absolute atomic E-state index is 0.0437. The van der Waals surface area contributed by atoms with Gasteiger partial charge in [0.25, 0.3) is 5.69 Å². The Balaban J connectivity index is 2.47. The average molecular weight is 283 g/mol. The van der Waals surface area contributed by atoms with E-state index < -0.39 is 22.8 Å². The van der Waals surface area contributed by atoms with Crippen LogP contribution in [0.25, 0.3) is 0 Å². The highest BCUT2D eigenvalue weighted by Gasteiger charge is 2.42. The van der Waals surface area contributed by atoms with Crippen molar-refractivity contribution in [3.8, 4) is 0 Å². The second-order valence-electron chi connectivity index (χ2n) is 5.93. The SMILES string of the molecule is C[C@@H]1C(CF)CCC[C@@]1(C)c1cc([N+](=O)[O-])ccc1F. The molecule has 0 bridgehead atoms. The predicted molar refractivity (Wildman–Crippen MR) is 72.9 cm³/mol. The Morgan fingerprint density at radius 1 is 1.50 bits per heavy atom. The summed E-state index contributed by atoms with van der Waals surface area (Å²) >= 11 is 0. The van der Waals surface area contributed by atoms with Crippen LogP contribution in [0.5, 0.6) is 0 Å². The lowest BCUT2D eigenvalue weighted by Gasteiger charge is -2.44. The first-order valence-electron chi connectivity index (χ1n) is 6.90. The van der Waals surface area contributed by atoms with Crippen LogP contribution in [0.15, 0.2) is 18.2 Å². The molecule has 0 aliphatic heterocycles. The van der Waals surface area contributed by atoms with Gasteiger partial charge in [0.2, 0.25) is 0 Å². The van der Waals surface area contributed by atoms with Crippen molar-refractivity contribution in [3.63, 3.8) is 0 Å². The Bertz CT molecular complexity index is 521. The molecule has 1 saturated carbocycles. The molecule has 1 fully saturated rings. The number of halogens is 2. The van der Waals surface area contributed by atoms with Gasteiger partial charge in [-0.2, -0.15) is 0 Å². The summed E-state index contributed by atoms with van der Waals surface area (Å²) in [6, 6.07) is 3.62. The van der Waals surface area contributed by atoms with E-state index in [0.29, 0.717) is 5.56 Å². The van der Waals surface area contributed by atoms with Crippen LogP contribution in [0.4, 0.5) is 14.5 Å². The molecule has 1 aromatic carbocycles. The van der Waals surface area contributed by atoms with Crippen LogP contribution in [0.3, 0.4) is 0 Å². The molecule has 0 aromatic heterocycles. The van der Waals surface area contributed by atoms with E-state index in [9.17, 15) is 18.9 Å². The maximum Gasteiger partial charge on any atom is 0.269 e. The molecule has 0 saturated heterocycles. The Hall–Kier alpha value is -1.52. The zero-order valence-electron chi connectivity index (χ0n) is 11.7. The zero-order valence-corrected chi connectivity index (χ0v) is 11.7. The van der Waals surface area contributed by atoms with Gasteiger partial charge < -0.3 is 0 Å². The molecule has 3 nitrogen and oxygen atoms in total. The van der Waals surface area contributed by atoms with Gasteiger partial charge in [-0.1, -0.05) is 20.3 Å². The highest BCUT2D eigenvalue weighted by atomic mass is 19.1. The van der Waals surface area contributed by atoms with E-state index in [2.05, 4.69) is 0 Å². The molecule has 0 heterocycles. The normalized spacial score (nSPS) is 30.2. The molecule has 1 aromatic rings. The van der Waals surface area contributed by atoms with Crippen LogP contribution in [-0.2, 0) is 5.41 Å². The third-order valence-corrected chi connectivity index (χ3v) is 4.96. The fourth-order valence-electron chi connectivity index (χ4n) is 3.38. The zero-order chi connectivity index (χ0) is 14.9. The molecule has 2 rings (SSSR count). The highest BCUT2D eigenvalue weighted by molar-refractivity contribution is 5.40. The molecule has 1 unspecified atom stereocenters. The van der Waals surface area contributed by atoms with Gasteiger partial charge in [0.05, 0.1) is 11.6 Å². The van der Waals surface area contributed by atoms with Gasteiger partial charge in [0, 0.05) is 17.7 Å². The van der Waals surface area contributed by atoms with Gasteiger partial charge in [-0.3, -0.25) is 14.5 Å². The van der Waals surface area contributed by atoms with E-state index in [1.165, 1.54) is 12.1 Å². The summed E-state index contributed by atoms with van der Waals surface area (Å²) in [6.07, 6.45) is 2.34. The molecule has 20 heavy (non-hydrogen) atoms. The summed E-state index contributed by atoms with van der Waals surface area (Å²) in [5.41, 5.74) is -0.319. The van der Waals surface area contributed by atoms with Crippen molar-refractivity contribution < 1.29 is 13.7 Å². The summed E-state index contributed by atoms with van der Waals surface area (Å²) in [5, 5.41) is 10.9. The maximum absolute atomic E-state index is 14.2. The second kappa shape index (κ2) is 5.46. The van der Waals surface area contributed by atoms with Gasteiger partial charge in [-0.05, 0) is 36.2 Å². The minimum Gasteiger partial charge on any atom is -0.258 e. The van der Waals surface area contributed by atoms with E-state index in [4.69, 9.17) is 0 Å². The molecule has 5 heteroatoms. The smallest absolute Gasteiger partial charge is 0.258 e. The van der Waals surface area contributed by atoms with E-state index in [1.807, 2.05) is 13.8 Å². The first kappa shape index (κ1) is 14.9. The van der Waals surface area contributed by atoms with Crippen LogP contribution >= 0.6 is 0 Å². The number of benzene rings is 1. The molecule has 1 aliphatic carbocycles. The number of alkyl halides is 1. The lowest BCUT2D eigenvalue weighted by molar-refractivity contribution is -0.385. The summed E-state index contributed by atoms with van der Waals surface area (Å²) in [6.45, 7) is 3.39. The number of non-ortho nitro benzene ring substituents is 1. The highest BCUT2D eigenvalue weighted by Crippen LogP contribution is 2.47. The molecular weight excluding hydrogens is 264 g/mol. The van der Waals surface area contributed by atoms with Crippen molar-refractivity contribution in [2.24, 2.45) is 11.8 Å². The maximum atomic E-state index is 14.2. The largest absolute Gasteiger partial charge is 0.269 e. The lowest BCUT2D eigenvalue weighted by Crippen LogP contribution is -2.40. The number of rotatable bonds is 3. The molecule has 0 amide bonds. The summed E-state index contributed by atoms with van der Waals surface area (Å²) in [7, 11) is 0. The standard InChI is InChI=1S/C15H19F2NO2/c1-10-11(9-16)4-3-7-15(10,2)13-8-12(18(19)20)5-6-14(13)17/h5-6,8,10-11H,3-4,7,9H2,1-2H3/t10-,11?,15-/m1/s1. The number of hydrogen-bond acceptors (Lipinski definition) is 2. The first-order chi connectivity index (χ1) is 9.40. The van der Waals surface area contributed by atoms with Crippen molar-refractivity contribution in [1.29, 1.82) is 0 Å². The van der Waals surface area contributed by atoms with Crippen LogP contribution in [-0.4, -0.2) is 11.6 Å². The fraction of sp³-hybridized carbons (Fsp3) is 0.600. The van der Waals surface area contributed by atoms with E-state index in [1.54, 1.807) is 0 Å². The van der Waals surface area contributed by atoms with Crippen molar-refractivity contribution in [2.75, 3.05) is 6.67 Å². The van der Waals surface area contributed by atoms with E-state index >= 15 is 0 Å². The predicted octanol–water partition coefficient (Wildman–Crippen LogP) is 4.40. The van der Waals surface area contributed by atoms with Crippen LogP contribution in [0.2, 0.25) is 0 Å². The average Bonchev–Trinajstić information content (AvgIpc) is 2.42. The number of nitro groups is 1. The van der Waals surface area contributed by atoms with Crippen LogP contribution in [0.1, 0.15) is 38.7 Å². The van der Waals surface area contributed by atoms with Gasteiger partial charge in [-0.25, -0.2) is 4.39 Å². The quantitative estimate of drug-likeness (QED) is 0.609. The topological polar surface area (TPSA) is 43.1 Å². The third-order valence-electron chi connectivity index (χ3n) is 4.96. The number of hydrogen-bond donors (Lipinski definition) is 0. The van der Waals surface area contributed by atoms with Crippen molar-refractivity contribution in [1.82, 2.24) is 0 Å². The molecule has 0 radical (unpaired) electrons. The monoisotopic (exact) mass is 283 g/mol. The van der Waals surface area contributed by atoms with Gasteiger partial charge in [0.15, 0.2) is 0 Å². The molecule has 3 atom stereocenters. The lowest BCUT2D eigenvalue weighted by atomic mass is 9.60. The van der Waals surface area contributed by atoms with Crippen molar-refractivity contribution >= 4 is 5.69 Å². The summed E-state index contributed by atoms with van der Waals surface area (Å²) in [5.74, 6) is -0.588. The summed E-state index contributed by atoms with van der Waals surface area (Å²) < 4.78 is 27.2. The number of nitro benzene ring substituents is 1. The minimum atomic E-state index is -0.550. The van der Waals surface area contributed by atoms with Gasteiger partial charge in [0.1, 0.15) is 5.82 Å². The van der Waals surface area contributed by atoms with Gasteiger partial charge >= 0.3 is 0 Å². The molecule has 0 N–H and O–H groups in total. The van der Waals surface area contributed by atoms with Gasteiger partial charge in [-0.15, -0.1) is 0 Å². The first-order valence-corrected chi connectivity index (χ1v) is 6.90. The van der Waals surface area contributed by atoms with Crippen molar-refractivity contribution in [3.05, 3.63) is 39.7 Å². The number of nitrogens with zero attached hydrogens (tertiary/aromatic N) is 1. The molecule has 1 aliphatic rings. The fourth-order valence-corrected chi connectivity index (χ4v) is 3.38. The Kier molecular flexibility index (Phi) is 4.06. The molecule has 0 spiro atoms. The second-order valence-corrected chi connectivity index (χ2v) is 5.93. The van der Waals surface area contributed by atoms with E-state index in [-0.39, 0.29) is 17.5 Å².